The first kappa shape index (κ1) is 16.4. The summed E-state index contributed by atoms with van der Waals surface area (Å²) in [7, 11) is 1.69. The number of nitrogens with two attached hydrogens (primary N) is 1. The minimum absolute atomic E-state index is 0.439. The van der Waals surface area contributed by atoms with Gasteiger partial charge in [-0.25, -0.2) is 4.98 Å². The highest BCUT2D eigenvalue weighted by atomic mass is 16.5. The Labute approximate surface area is 152 Å². The fourth-order valence-corrected chi connectivity index (χ4v) is 3.31. The molecule has 130 valence electrons. The third-order valence-electron chi connectivity index (χ3n) is 4.48. The lowest BCUT2D eigenvalue weighted by molar-refractivity contribution is 0.315. The van der Waals surface area contributed by atoms with Gasteiger partial charge in [0, 0.05) is 18.3 Å². The van der Waals surface area contributed by atoms with Gasteiger partial charge < -0.3 is 15.2 Å². The molecule has 4 rings (SSSR count). The van der Waals surface area contributed by atoms with E-state index in [0.717, 1.165) is 22.4 Å². The number of hydrogen-bond acceptors (Lipinski definition) is 4. The Kier molecular flexibility index (Phi) is 4.42. The fourth-order valence-electron chi connectivity index (χ4n) is 3.31. The van der Waals surface area contributed by atoms with E-state index in [2.05, 4.69) is 47.5 Å². The Morgan fingerprint density at radius 3 is 2.58 bits per heavy atom. The number of aromatic nitrogens is 1. The van der Waals surface area contributed by atoms with Crippen molar-refractivity contribution >= 4 is 11.6 Å². The minimum atomic E-state index is 0.439. The first-order valence-corrected chi connectivity index (χ1v) is 8.59. The van der Waals surface area contributed by atoms with Crippen LogP contribution in [0.25, 0.3) is 22.8 Å². The molecular weight excluding hydrogens is 324 g/mol. The molecule has 4 heteroatoms. The zero-order valence-corrected chi connectivity index (χ0v) is 14.6. The lowest BCUT2D eigenvalue weighted by atomic mass is 10.0. The molecule has 0 saturated heterocycles. The van der Waals surface area contributed by atoms with E-state index < -0.39 is 0 Å². The number of pyridine rings is 1. The maximum absolute atomic E-state index is 5.71. The number of ether oxygens (including phenoxy) is 2. The van der Waals surface area contributed by atoms with Crippen molar-refractivity contribution in [2.24, 2.45) is 5.73 Å². The largest absolute Gasteiger partial charge is 0.497 e. The van der Waals surface area contributed by atoms with Gasteiger partial charge >= 0.3 is 0 Å². The topological polar surface area (TPSA) is 57.4 Å². The third kappa shape index (κ3) is 2.85. The van der Waals surface area contributed by atoms with Crippen molar-refractivity contribution in [3.8, 4) is 22.8 Å². The highest BCUT2D eigenvalue weighted by Gasteiger charge is 2.24. The second-order valence-corrected chi connectivity index (χ2v) is 6.05. The highest BCUT2D eigenvalue weighted by molar-refractivity contribution is 6.07. The molecule has 1 aliphatic carbocycles. The highest BCUT2D eigenvalue weighted by Crippen LogP contribution is 2.46. The van der Waals surface area contributed by atoms with Crippen LogP contribution >= 0.6 is 0 Å². The Bertz CT molecular complexity index is 979. The van der Waals surface area contributed by atoms with Crippen molar-refractivity contribution in [1.29, 1.82) is 0 Å². The summed E-state index contributed by atoms with van der Waals surface area (Å²) in [5.74, 6) is 1.44. The Balaban J connectivity index is 1.88. The fraction of sp³-hybridized carbons (Fsp3) is 0.136. The van der Waals surface area contributed by atoms with Crippen molar-refractivity contribution in [2.75, 3.05) is 20.3 Å². The molecule has 1 aliphatic rings. The average molecular weight is 344 g/mol. The van der Waals surface area contributed by atoms with E-state index in [9.17, 15) is 0 Å². The Hall–Kier alpha value is -3.11. The van der Waals surface area contributed by atoms with Gasteiger partial charge in [0.15, 0.2) is 0 Å². The molecule has 0 fully saturated rings. The van der Waals surface area contributed by atoms with Crippen LogP contribution in [0.15, 0.2) is 60.8 Å². The zero-order chi connectivity index (χ0) is 17.9. The molecule has 4 nitrogen and oxygen atoms in total. The van der Waals surface area contributed by atoms with E-state index in [1.807, 2.05) is 18.2 Å². The van der Waals surface area contributed by atoms with Crippen molar-refractivity contribution in [3.05, 3.63) is 77.5 Å². The van der Waals surface area contributed by atoms with Crippen LogP contribution in [0.1, 0.15) is 16.7 Å². The van der Waals surface area contributed by atoms with Crippen LogP contribution in [-0.2, 0) is 0 Å². The van der Waals surface area contributed by atoms with Crippen LogP contribution in [0.5, 0.6) is 11.6 Å². The van der Waals surface area contributed by atoms with Crippen LogP contribution in [0, 0.1) is 0 Å². The van der Waals surface area contributed by atoms with E-state index in [4.69, 9.17) is 15.2 Å². The van der Waals surface area contributed by atoms with Gasteiger partial charge in [-0.05, 0) is 58.2 Å². The molecule has 0 amide bonds. The van der Waals surface area contributed by atoms with Crippen LogP contribution < -0.4 is 15.2 Å². The smallest absolute Gasteiger partial charge is 0.220 e. The van der Waals surface area contributed by atoms with Gasteiger partial charge in [0.2, 0.25) is 5.88 Å². The van der Waals surface area contributed by atoms with Gasteiger partial charge in [-0.2, -0.15) is 0 Å². The maximum atomic E-state index is 5.71. The predicted octanol–water partition coefficient (Wildman–Crippen LogP) is 4.00. The minimum Gasteiger partial charge on any atom is -0.497 e. The molecule has 2 aromatic carbocycles. The predicted molar refractivity (Wildman–Crippen MR) is 104 cm³/mol. The second-order valence-electron chi connectivity index (χ2n) is 6.05. The van der Waals surface area contributed by atoms with E-state index >= 15 is 0 Å². The van der Waals surface area contributed by atoms with Crippen LogP contribution in [0.4, 0.5) is 0 Å². The summed E-state index contributed by atoms with van der Waals surface area (Å²) in [6.07, 6.45) is 3.86. The molecule has 0 atom stereocenters. The summed E-state index contributed by atoms with van der Waals surface area (Å²) in [6.45, 7) is 0.892. The van der Waals surface area contributed by atoms with Crippen molar-refractivity contribution in [1.82, 2.24) is 4.98 Å². The molecule has 3 aromatic rings. The van der Waals surface area contributed by atoms with Gasteiger partial charge in [0.1, 0.15) is 12.4 Å². The summed E-state index contributed by atoms with van der Waals surface area (Å²) in [5.41, 5.74) is 12.4. The first-order valence-electron chi connectivity index (χ1n) is 8.59. The molecular formula is C22H20N2O2. The molecule has 0 aliphatic heterocycles. The average Bonchev–Trinajstić information content (AvgIpc) is 3.00. The van der Waals surface area contributed by atoms with E-state index in [-0.39, 0.29) is 0 Å². The van der Waals surface area contributed by atoms with Crippen molar-refractivity contribution in [2.45, 2.75) is 0 Å². The van der Waals surface area contributed by atoms with Gasteiger partial charge in [-0.15, -0.1) is 0 Å². The lowest BCUT2D eigenvalue weighted by Gasteiger charge is -2.09. The molecule has 26 heavy (non-hydrogen) atoms. The normalized spacial score (nSPS) is 13.4. The number of methoxy groups -OCH3 is 1. The van der Waals surface area contributed by atoms with Gasteiger partial charge in [-0.3, -0.25) is 0 Å². The molecule has 0 bridgehead atoms. The number of nitrogens with zero attached hydrogens (tertiary/aromatic N) is 1. The molecule has 0 spiro atoms. The van der Waals surface area contributed by atoms with Gasteiger partial charge in [0.05, 0.1) is 7.11 Å². The second kappa shape index (κ2) is 7.02. The van der Waals surface area contributed by atoms with E-state index in [1.165, 1.54) is 16.7 Å². The Morgan fingerprint density at radius 1 is 0.962 bits per heavy atom. The summed E-state index contributed by atoms with van der Waals surface area (Å²) in [4.78, 5) is 4.36. The molecule has 0 unspecified atom stereocenters. The molecule has 1 aromatic heterocycles. The van der Waals surface area contributed by atoms with E-state index in [0.29, 0.717) is 19.0 Å². The van der Waals surface area contributed by atoms with Crippen LogP contribution in [0.2, 0.25) is 0 Å². The number of hydrogen-bond donors (Lipinski definition) is 1. The standard InChI is InChI=1S/C22H20N2O2/c1-25-16-8-9-19-17-6-2-3-7-18(17)20(21(19)14-16)13-15-5-4-11-24-22(15)26-12-10-23/h2-9,11,13-14H,10,12,23H2,1H3. The molecule has 2 N–H and O–H groups in total. The quantitative estimate of drug-likeness (QED) is 0.594. The SMILES string of the molecule is COc1ccc2c(c1)C(=Cc1cccnc1OCCN)c1ccccc1-2. The van der Waals surface area contributed by atoms with Crippen molar-refractivity contribution < 1.29 is 9.47 Å². The van der Waals surface area contributed by atoms with E-state index in [1.54, 1.807) is 13.3 Å². The zero-order valence-electron chi connectivity index (χ0n) is 14.6. The monoisotopic (exact) mass is 344 g/mol. The van der Waals surface area contributed by atoms with Gasteiger partial charge in [-0.1, -0.05) is 30.3 Å². The number of benzene rings is 2. The van der Waals surface area contributed by atoms with Crippen LogP contribution in [-0.4, -0.2) is 25.2 Å². The Morgan fingerprint density at radius 2 is 1.77 bits per heavy atom. The summed E-state index contributed by atoms with van der Waals surface area (Å²) < 4.78 is 11.1. The lowest BCUT2D eigenvalue weighted by Crippen LogP contribution is -2.11. The summed E-state index contributed by atoms with van der Waals surface area (Å²) in [6, 6.07) is 18.5. The summed E-state index contributed by atoms with van der Waals surface area (Å²) in [5, 5.41) is 0. The molecule has 0 saturated carbocycles. The summed E-state index contributed by atoms with van der Waals surface area (Å²) >= 11 is 0. The van der Waals surface area contributed by atoms with Gasteiger partial charge in [0.25, 0.3) is 0 Å². The third-order valence-corrected chi connectivity index (χ3v) is 4.48. The van der Waals surface area contributed by atoms with Crippen molar-refractivity contribution in [3.63, 3.8) is 0 Å². The number of fused-ring (bicyclic) bond motifs is 3. The van der Waals surface area contributed by atoms with Crippen LogP contribution in [0.3, 0.4) is 0 Å². The molecule has 1 heterocycles. The molecule has 0 radical (unpaired) electrons. The maximum Gasteiger partial charge on any atom is 0.220 e. The first-order chi connectivity index (χ1) is 12.8. The number of rotatable bonds is 5.